The molecule has 2 heterocycles. The number of amides is 1. The molecule has 0 aliphatic heterocycles. The van der Waals surface area contributed by atoms with E-state index < -0.39 is 4.92 Å². The molecule has 26 heavy (non-hydrogen) atoms. The van der Waals surface area contributed by atoms with Crippen molar-refractivity contribution < 1.29 is 14.1 Å². The van der Waals surface area contributed by atoms with Crippen molar-refractivity contribution in [3.05, 3.63) is 68.3 Å². The maximum absolute atomic E-state index is 12.1. The lowest BCUT2D eigenvalue weighted by atomic mass is 10.2. The number of rotatable bonds is 5. The van der Waals surface area contributed by atoms with Gasteiger partial charge in [0.05, 0.1) is 17.8 Å². The van der Waals surface area contributed by atoms with Crippen LogP contribution in [0, 0.1) is 10.1 Å². The lowest BCUT2D eigenvalue weighted by Gasteiger charge is -2.01. The molecule has 9 nitrogen and oxygen atoms in total. The van der Waals surface area contributed by atoms with E-state index in [2.05, 4.69) is 31.6 Å². The predicted molar refractivity (Wildman–Crippen MR) is 96.8 cm³/mol. The summed E-state index contributed by atoms with van der Waals surface area (Å²) in [6.45, 7) is 0. The van der Waals surface area contributed by atoms with E-state index in [1.54, 1.807) is 37.5 Å². The lowest BCUT2D eigenvalue weighted by Crippen LogP contribution is -2.18. The fourth-order valence-corrected chi connectivity index (χ4v) is 2.68. The summed E-state index contributed by atoms with van der Waals surface area (Å²) in [6.07, 6.45) is 3.04. The lowest BCUT2D eigenvalue weighted by molar-refractivity contribution is -0.401. The molecule has 2 aromatic heterocycles. The zero-order chi connectivity index (χ0) is 18.7. The maximum Gasteiger partial charge on any atom is 0.433 e. The Kier molecular flexibility index (Phi) is 4.94. The Balaban J connectivity index is 1.80. The first-order chi connectivity index (χ1) is 12.5. The molecule has 0 aliphatic carbocycles. The highest BCUT2D eigenvalue weighted by atomic mass is 79.9. The summed E-state index contributed by atoms with van der Waals surface area (Å²) in [4.78, 5) is 22.3. The van der Waals surface area contributed by atoms with Crippen LogP contribution in [0.3, 0.4) is 0 Å². The second-order valence-electron chi connectivity index (χ2n) is 5.18. The fourth-order valence-electron chi connectivity index (χ4n) is 2.21. The number of hydrogen-bond acceptors (Lipinski definition) is 6. The molecule has 10 heteroatoms. The van der Waals surface area contributed by atoms with E-state index in [0.717, 1.165) is 0 Å². The number of halogens is 1. The van der Waals surface area contributed by atoms with Gasteiger partial charge in [0.25, 0.3) is 5.91 Å². The van der Waals surface area contributed by atoms with E-state index in [9.17, 15) is 14.9 Å². The van der Waals surface area contributed by atoms with Crippen molar-refractivity contribution >= 4 is 33.9 Å². The molecule has 0 saturated heterocycles. The molecule has 3 rings (SSSR count). The minimum absolute atomic E-state index is 0.232. The van der Waals surface area contributed by atoms with Gasteiger partial charge < -0.3 is 4.42 Å². The Morgan fingerprint density at radius 2 is 2.15 bits per heavy atom. The monoisotopic (exact) mass is 417 g/mol. The largest absolute Gasteiger partial charge is 0.433 e. The molecule has 1 aromatic carbocycles. The first kappa shape index (κ1) is 17.5. The molecule has 0 aliphatic rings. The van der Waals surface area contributed by atoms with Gasteiger partial charge >= 0.3 is 5.88 Å². The average Bonchev–Trinajstić information content (AvgIpc) is 3.22. The number of hydrogen-bond donors (Lipinski definition) is 1. The van der Waals surface area contributed by atoms with E-state index in [1.807, 2.05) is 0 Å². The molecule has 0 bridgehead atoms. The van der Waals surface area contributed by atoms with Crippen LogP contribution >= 0.6 is 15.9 Å². The van der Waals surface area contributed by atoms with Crippen molar-refractivity contribution in [2.75, 3.05) is 0 Å². The number of carbonyl (C=O) groups excluding carboxylic acids is 1. The van der Waals surface area contributed by atoms with Crippen LogP contribution < -0.4 is 5.43 Å². The summed E-state index contributed by atoms with van der Waals surface area (Å²) in [5, 5.41) is 18.9. The molecule has 3 aromatic rings. The average molecular weight is 418 g/mol. The quantitative estimate of drug-likeness (QED) is 0.388. The van der Waals surface area contributed by atoms with Crippen LogP contribution in [0.5, 0.6) is 0 Å². The normalized spacial score (nSPS) is 11.0. The molecule has 0 unspecified atom stereocenters. The van der Waals surface area contributed by atoms with Crippen molar-refractivity contribution in [2.45, 2.75) is 0 Å². The second kappa shape index (κ2) is 7.31. The van der Waals surface area contributed by atoms with Crippen LogP contribution in [-0.2, 0) is 7.05 Å². The molecule has 0 saturated carbocycles. The van der Waals surface area contributed by atoms with Gasteiger partial charge in [-0.25, -0.2) is 5.43 Å². The highest BCUT2D eigenvalue weighted by Crippen LogP contribution is 2.26. The number of benzene rings is 1. The van der Waals surface area contributed by atoms with E-state index >= 15 is 0 Å². The predicted octanol–water partition coefficient (Wildman–Crippen LogP) is 3.11. The number of nitrogens with zero attached hydrogens (tertiary/aromatic N) is 4. The molecular weight excluding hydrogens is 406 g/mol. The van der Waals surface area contributed by atoms with Gasteiger partial charge in [0.15, 0.2) is 5.76 Å². The topological polar surface area (TPSA) is 116 Å². The van der Waals surface area contributed by atoms with Crippen LogP contribution in [0.25, 0.3) is 11.5 Å². The Bertz CT molecular complexity index is 1010. The van der Waals surface area contributed by atoms with Gasteiger partial charge in [-0.2, -0.15) is 10.2 Å². The van der Waals surface area contributed by atoms with Gasteiger partial charge in [-0.1, -0.05) is 12.1 Å². The highest BCUT2D eigenvalue weighted by molar-refractivity contribution is 9.10. The number of hydrazone groups is 1. The molecule has 1 N–H and O–H groups in total. The minimum atomic E-state index is -0.627. The maximum atomic E-state index is 12.1. The summed E-state index contributed by atoms with van der Waals surface area (Å²) in [6, 6.07) is 9.66. The molecule has 0 fully saturated rings. The standard InChI is InChI=1S/C16H12BrN5O4/c1-21-9-10(15(20-21)13-6-7-14(26-13)22(24)25)8-18-19-16(23)11-4-2-3-5-12(11)17/h2-9H,1H3,(H,19,23)/b18-8+. The van der Waals surface area contributed by atoms with Gasteiger partial charge in [0.2, 0.25) is 0 Å². The van der Waals surface area contributed by atoms with Crippen molar-refractivity contribution in [1.29, 1.82) is 0 Å². The van der Waals surface area contributed by atoms with Gasteiger partial charge in [0, 0.05) is 23.3 Å². The first-order valence-corrected chi connectivity index (χ1v) is 8.11. The zero-order valence-corrected chi connectivity index (χ0v) is 15.0. The summed E-state index contributed by atoms with van der Waals surface area (Å²) >= 11 is 3.30. The van der Waals surface area contributed by atoms with Crippen LogP contribution in [-0.4, -0.2) is 26.8 Å². The number of aromatic nitrogens is 2. The summed E-state index contributed by atoms with van der Waals surface area (Å²) in [5.74, 6) is -0.528. The van der Waals surface area contributed by atoms with E-state index in [4.69, 9.17) is 4.42 Å². The third kappa shape index (κ3) is 3.70. The van der Waals surface area contributed by atoms with E-state index in [1.165, 1.54) is 23.0 Å². The molecule has 0 radical (unpaired) electrons. The van der Waals surface area contributed by atoms with Crippen molar-refractivity contribution in [3.63, 3.8) is 0 Å². The van der Waals surface area contributed by atoms with Crippen molar-refractivity contribution in [3.8, 4) is 11.5 Å². The van der Waals surface area contributed by atoms with Crippen LogP contribution in [0.15, 0.2) is 56.6 Å². The third-order valence-corrected chi connectivity index (χ3v) is 4.04. The van der Waals surface area contributed by atoms with Crippen molar-refractivity contribution in [2.24, 2.45) is 12.1 Å². The first-order valence-electron chi connectivity index (χ1n) is 7.32. The minimum Gasteiger partial charge on any atom is -0.399 e. The van der Waals surface area contributed by atoms with Crippen LogP contribution in [0.4, 0.5) is 5.88 Å². The molecule has 0 spiro atoms. The number of nitro groups is 1. The summed E-state index contributed by atoms with van der Waals surface area (Å²) < 4.78 is 7.33. The van der Waals surface area contributed by atoms with E-state index in [0.29, 0.717) is 21.3 Å². The Hall–Kier alpha value is -3.27. The Labute approximate surface area is 155 Å². The van der Waals surface area contributed by atoms with Gasteiger partial charge in [-0.05, 0) is 34.1 Å². The number of aryl methyl sites for hydroxylation is 1. The Morgan fingerprint density at radius 1 is 1.38 bits per heavy atom. The molecule has 0 atom stereocenters. The molecule has 132 valence electrons. The summed E-state index contributed by atoms with van der Waals surface area (Å²) in [5.41, 5.74) is 3.77. The zero-order valence-electron chi connectivity index (χ0n) is 13.4. The second-order valence-corrected chi connectivity index (χ2v) is 6.04. The summed E-state index contributed by atoms with van der Waals surface area (Å²) in [7, 11) is 1.69. The van der Waals surface area contributed by atoms with Crippen molar-refractivity contribution in [1.82, 2.24) is 15.2 Å². The molecule has 1 amide bonds. The van der Waals surface area contributed by atoms with Gasteiger partial charge in [-0.15, -0.1) is 0 Å². The number of carbonyl (C=O) groups is 1. The SMILES string of the molecule is Cn1cc(/C=N/NC(=O)c2ccccc2Br)c(-c2ccc([N+](=O)[O-])o2)n1. The number of furan rings is 1. The van der Waals surface area contributed by atoms with Gasteiger partial charge in [-0.3, -0.25) is 19.6 Å². The Morgan fingerprint density at radius 3 is 2.85 bits per heavy atom. The number of nitrogens with one attached hydrogen (secondary N) is 1. The van der Waals surface area contributed by atoms with E-state index in [-0.39, 0.29) is 17.6 Å². The molecular formula is C16H12BrN5O4. The third-order valence-electron chi connectivity index (χ3n) is 3.35. The highest BCUT2D eigenvalue weighted by Gasteiger charge is 2.18. The fraction of sp³-hybridized carbons (Fsp3) is 0.0625. The van der Waals surface area contributed by atoms with Crippen LogP contribution in [0.2, 0.25) is 0 Å². The van der Waals surface area contributed by atoms with Crippen LogP contribution in [0.1, 0.15) is 15.9 Å². The smallest absolute Gasteiger partial charge is 0.399 e. The van der Waals surface area contributed by atoms with Gasteiger partial charge in [0.1, 0.15) is 10.6 Å².